The van der Waals surface area contributed by atoms with Crippen molar-refractivity contribution in [1.82, 2.24) is 0 Å². The summed E-state index contributed by atoms with van der Waals surface area (Å²) in [5.41, 5.74) is 3.39. The molecule has 0 radical (unpaired) electrons. The van der Waals surface area contributed by atoms with Gasteiger partial charge in [-0.1, -0.05) is 43.8 Å². The fourth-order valence-corrected chi connectivity index (χ4v) is 3.65. The third-order valence-electron chi connectivity index (χ3n) is 4.76. The highest BCUT2D eigenvalue weighted by Crippen LogP contribution is 2.37. The number of allylic oxidation sites excluding steroid dienone is 2. The zero-order valence-electron chi connectivity index (χ0n) is 12.0. The average molecular weight is 248 g/mol. The zero-order valence-corrected chi connectivity index (χ0v) is 12.0. The number of rotatable bonds is 4. The second-order valence-electron chi connectivity index (χ2n) is 6.11. The first-order valence-electron chi connectivity index (χ1n) is 8.03. The van der Waals surface area contributed by atoms with Crippen molar-refractivity contribution < 1.29 is 4.79 Å². The third-order valence-corrected chi connectivity index (χ3v) is 4.76. The third kappa shape index (κ3) is 3.70. The molecule has 2 rings (SSSR count). The topological polar surface area (TPSA) is 17.1 Å². The Hall–Kier alpha value is -0.590. The van der Waals surface area contributed by atoms with Gasteiger partial charge in [-0.05, 0) is 44.4 Å². The van der Waals surface area contributed by atoms with Crippen LogP contribution < -0.4 is 0 Å². The Kier molecular flexibility index (Phi) is 5.46. The van der Waals surface area contributed by atoms with E-state index in [-0.39, 0.29) is 0 Å². The van der Waals surface area contributed by atoms with Gasteiger partial charge in [0, 0.05) is 12.8 Å². The molecule has 2 aliphatic carbocycles. The standard InChI is InChI=1S/C17H28O/c1-2-3-7-15-10-11-16(18)12-13-17(15)14-8-5-4-6-9-14/h14H,2-13H2,1H3. The first kappa shape index (κ1) is 13.8. The van der Waals surface area contributed by atoms with Gasteiger partial charge in [-0.3, -0.25) is 4.79 Å². The second kappa shape index (κ2) is 7.11. The molecule has 0 aromatic heterocycles. The molecule has 2 aliphatic rings. The van der Waals surface area contributed by atoms with Crippen molar-refractivity contribution in [2.24, 2.45) is 5.92 Å². The SMILES string of the molecule is CCCCC1=C(C2CCCCC2)CCC(=O)CC1. The molecule has 1 saturated carbocycles. The monoisotopic (exact) mass is 248 g/mol. The molecule has 0 amide bonds. The van der Waals surface area contributed by atoms with Crippen LogP contribution in [0.1, 0.15) is 84.0 Å². The van der Waals surface area contributed by atoms with Gasteiger partial charge in [0.25, 0.3) is 0 Å². The molecule has 0 spiro atoms. The van der Waals surface area contributed by atoms with E-state index in [4.69, 9.17) is 0 Å². The Labute approximate surface area is 112 Å². The number of carbonyl (C=O) groups excluding carboxylic acids is 1. The summed E-state index contributed by atoms with van der Waals surface area (Å²) in [5.74, 6) is 1.33. The molecule has 0 atom stereocenters. The van der Waals surface area contributed by atoms with Crippen LogP contribution in [-0.2, 0) is 4.79 Å². The van der Waals surface area contributed by atoms with Gasteiger partial charge in [0.05, 0.1) is 0 Å². The number of carbonyl (C=O) groups is 1. The van der Waals surface area contributed by atoms with E-state index in [0.717, 1.165) is 31.6 Å². The highest BCUT2D eigenvalue weighted by Gasteiger charge is 2.23. The number of unbranched alkanes of at least 4 members (excludes halogenated alkanes) is 1. The quantitative estimate of drug-likeness (QED) is 0.625. The zero-order chi connectivity index (χ0) is 12.8. The van der Waals surface area contributed by atoms with Crippen LogP contribution in [0.2, 0.25) is 0 Å². The van der Waals surface area contributed by atoms with Gasteiger partial charge >= 0.3 is 0 Å². The Morgan fingerprint density at radius 2 is 1.72 bits per heavy atom. The van der Waals surface area contributed by atoms with Crippen LogP contribution in [0, 0.1) is 5.92 Å². The van der Waals surface area contributed by atoms with Crippen molar-refractivity contribution >= 4 is 5.78 Å². The van der Waals surface area contributed by atoms with Crippen LogP contribution >= 0.6 is 0 Å². The lowest BCUT2D eigenvalue weighted by Crippen LogP contribution is -2.11. The summed E-state index contributed by atoms with van der Waals surface area (Å²) in [6.07, 6.45) is 14.6. The van der Waals surface area contributed by atoms with Gasteiger partial charge in [0.1, 0.15) is 5.78 Å². The number of ketones is 1. The molecule has 1 fully saturated rings. The van der Waals surface area contributed by atoms with E-state index in [1.807, 2.05) is 0 Å². The van der Waals surface area contributed by atoms with Crippen molar-refractivity contribution in [1.29, 1.82) is 0 Å². The molecule has 18 heavy (non-hydrogen) atoms. The molecule has 1 nitrogen and oxygen atoms in total. The highest BCUT2D eigenvalue weighted by molar-refractivity contribution is 5.79. The van der Waals surface area contributed by atoms with E-state index in [2.05, 4.69) is 6.92 Å². The molecule has 0 bridgehead atoms. The first-order chi connectivity index (χ1) is 8.81. The molecule has 0 heterocycles. The molecule has 0 aromatic carbocycles. The normalized spacial score (nSPS) is 23.3. The van der Waals surface area contributed by atoms with Crippen molar-refractivity contribution in [3.63, 3.8) is 0 Å². The molecule has 1 heteroatoms. The van der Waals surface area contributed by atoms with Gasteiger partial charge in [-0.2, -0.15) is 0 Å². The largest absolute Gasteiger partial charge is 0.300 e. The number of Topliss-reactive ketones (excluding diaryl/α,β-unsaturated/α-hetero) is 1. The van der Waals surface area contributed by atoms with Gasteiger partial charge in [-0.25, -0.2) is 0 Å². The first-order valence-corrected chi connectivity index (χ1v) is 8.03. The van der Waals surface area contributed by atoms with Gasteiger partial charge in [0.2, 0.25) is 0 Å². The lowest BCUT2D eigenvalue weighted by molar-refractivity contribution is -0.118. The smallest absolute Gasteiger partial charge is 0.133 e. The molecular weight excluding hydrogens is 220 g/mol. The van der Waals surface area contributed by atoms with Crippen molar-refractivity contribution in [3.8, 4) is 0 Å². The van der Waals surface area contributed by atoms with Gasteiger partial charge in [0.15, 0.2) is 0 Å². The summed E-state index contributed by atoms with van der Waals surface area (Å²) in [7, 11) is 0. The van der Waals surface area contributed by atoms with Crippen molar-refractivity contribution in [3.05, 3.63) is 11.1 Å². The van der Waals surface area contributed by atoms with E-state index < -0.39 is 0 Å². The number of hydrogen-bond acceptors (Lipinski definition) is 1. The van der Waals surface area contributed by atoms with E-state index >= 15 is 0 Å². The van der Waals surface area contributed by atoms with Crippen molar-refractivity contribution in [2.45, 2.75) is 84.0 Å². The highest BCUT2D eigenvalue weighted by atomic mass is 16.1. The minimum Gasteiger partial charge on any atom is -0.300 e. The molecule has 0 unspecified atom stereocenters. The second-order valence-corrected chi connectivity index (χ2v) is 6.11. The summed E-state index contributed by atoms with van der Waals surface area (Å²) < 4.78 is 0. The summed E-state index contributed by atoms with van der Waals surface area (Å²) in [6.45, 7) is 2.27. The van der Waals surface area contributed by atoms with E-state index in [9.17, 15) is 4.79 Å². The van der Waals surface area contributed by atoms with E-state index in [0.29, 0.717) is 5.78 Å². The minimum atomic E-state index is 0.495. The van der Waals surface area contributed by atoms with Crippen LogP contribution in [0.15, 0.2) is 11.1 Å². The van der Waals surface area contributed by atoms with Gasteiger partial charge < -0.3 is 0 Å². The molecule has 0 aliphatic heterocycles. The summed E-state index contributed by atoms with van der Waals surface area (Å²) in [4.78, 5) is 11.7. The Morgan fingerprint density at radius 3 is 2.44 bits per heavy atom. The van der Waals surface area contributed by atoms with E-state index in [1.165, 1.54) is 51.4 Å². The molecular formula is C17H28O. The van der Waals surface area contributed by atoms with Crippen LogP contribution in [-0.4, -0.2) is 5.78 Å². The molecule has 0 N–H and O–H groups in total. The lowest BCUT2D eigenvalue weighted by atomic mass is 9.79. The predicted molar refractivity (Wildman–Crippen MR) is 76.6 cm³/mol. The number of hydrogen-bond donors (Lipinski definition) is 0. The van der Waals surface area contributed by atoms with Crippen molar-refractivity contribution in [2.75, 3.05) is 0 Å². The summed E-state index contributed by atoms with van der Waals surface area (Å²) in [6, 6.07) is 0. The predicted octanol–water partition coefficient (Wildman–Crippen LogP) is 5.20. The van der Waals surface area contributed by atoms with Gasteiger partial charge in [-0.15, -0.1) is 0 Å². The molecule has 0 aromatic rings. The van der Waals surface area contributed by atoms with Crippen LogP contribution in [0.5, 0.6) is 0 Å². The van der Waals surface area contributed by atoms with E-state index in [1.54, 1.807) is 11.1 Å². The maximum Gasteiger partial charge on any atom is 0.133 e. The molecule has 102 valence electrons. The Morgan fingerprint density at radius 1 is 1.00 bits per heavy atom. The fourth-order valence-electron chi connectivity index (χ4n) is 3.65. The maximum atomic E-state index is 11.7. The lowest BCUT2D eigenvalue weighted by Gasteiger charge is -2.26. The minimum absolute atomic E-state index is 0.495. The van der Waals surface area contributed by atoms with Crippen LogP contribution in [0.4, 0.5) is 0 Å². The van der Waals surface area contributed by atoms with Crippen LogP contribution in [0.3, 0.4) is 0 Å². The average Bonchev–Trinajstić information content (AvgIpc) is 2.59. The molecule has 0 saturated heterocycles. The van der Waals surface area contributed by atoms with Crippen LogP contribution in [0.25, 0.3) is 0 Å². The summed E-state index contributed by atoms with van der Waals surface area (Å²) >= 11 is 0. The summed E-state index contributed by atoms with van der Waals surface area (Å²) in [5, 5.41) is 0. The fraction of sp³-hybridized carbons (Fsp3) is 0.824. The maximum absolute atomic E-state index is 11.7. The Balaban J connectivity index is 2.10. The Bertz CT molecular complexity index is 308.